The van der Waals surface area contributed by atoms with Crippen LogP contribution in [0.3, 0.4) is 0 Å². The number of nitrogens with zero attached hydrogens (tertiary/aromatic N) is 2. The summed E-state index contributed by atoms with van der Waals surface area (Å²) in [7, 11) is 0. The van der Waals surface area contributed by atoms with Gasteiger partial charge >= 0.3 is 0 Å². The predicted octanol–water partition coefficient (Wildman–Crippen LogP) is 1.95. The summed E-state index contributed by atoms with van der Waals surface area (Å²) in [5.41, 5.74) is 0.556. The minimum atomic E-state index is -0.0814. The van der Waals surface area contributed by atoms with Crippen LogP contribution in [-0.4, -0.2) is 41.5 Å². The molecule has 5 heteroatoms. The van der Waals surface area contributed by atoms with Gasteiger partial charge in [0.2, 0.25) is 0 Å². The molecule has 0 saturated carbocycles. The van der Waals surface area contributed by atoms with Crippen LogP contribution in [0.4, 0.5) is 0 Å². The molecule has 1 aromatic heterocycles. The second kappa shape index (κ2) is 6.16. The van der Waals surface area contributed by atoms with Crippen molar-refractivity contribution in [3.05, 3.63) is 29.0 Å². The van der Waals surface area contributed by atoms with Crippen LogP contribution in [0.25, 0.3) is 0 Å². The van der Waals surface area contributed by atoms with Gasteiger partial charge in [0.15, 0.2) is 0 Å². The fourth-order valence-corrected chi connectivity index (χ4v) is 2.48. The van der Waals surface area contributed by atoms with Crippen molar-refractivity contribution in [3.63, 3.8) is 0 Å². The standard InChI is InChI=1S/C13H18ClN3O/c1-2-17-7-3-4-11(17)9-16-13(18)10-5-6-12(14)15-8-10/h5-6,8,11H,2-4,7,9H2,1H3,(H,16,18). The van der Waals surface area contributed by atoms with Crippen LogP contribution in [0.1, 0.15) is 30.1 Å². The van der Waals surface area contributed by atoms with Crippen molar-refractivity contribution in [1.29, 1.82) is 0 Å². The zero-order valence-electron chi connectivity index (χ0n) is 10.5. The van der Waals surface area contributed by atoms with Gasteiger partial charge in [0.25, 0.3) is 5.91 Å². The molecule has 1 aliphatic heterocycles. The van der Waals surface area contributed by atoms with Crippen molar-refractivity contribution in [2.24, 2.45) is 0 Å². The number of amides is 1. The molecule has 18 heavy (non-hydrogen) atoms. The first-order chi connectivity index (χ1) is 8.70. The van der Waals surface area contributed by atoms with Crippen LogP contribution in [-0.2, 0) is 0 Å². The Labute approximate surface area is 112 Å². The van der Waals surface area contributed by atoms with Gasteiger partial charge in [-0.3, -0.25) is 9.69 Å². The summed E-state index contributed by atoms with van der Waals surface area (Å²) in [5.74, 6) is -0.0814. The third-order valence-corrected chi connectivity index (χ3v) is 3.62. The van der Waals surface area contributed by atoms with Gasteiger partial charge in [-0.25, -0.2) is 4.98 Å². The summed E-state index contributed by atoms with van der Waals surface area (Å²) in [4.78, 5) is 18.2. The highest BCUT2D eigenvalue weighted by Crippen LogP contribution is 2.15. The van der Waals surface area contributed by atoms with Crippen LogP contribution in [0.2, 0.25) is 5.15 Å². The summed E-state index contributed by atoms with van der Waals surface area (Å²) in [6, 6.07) is 3.79. The van der Waals surface area contributed by atoms with Gasteiger partial charge < -0.3 is 5.32 Å². The van der Waals surface area contributed by atoms with Crippen molar-refractivity contribution < 1.29 is 4.79 Å². The number of halogens is 1. The molecule has 2 rings (SSSR count). The normalized spacial score (nSPS) is 20.0. The number of hydrogen-bond acceptors (Lipinski definition) is 3. The van der Waals surface area contributed by atoms with Crippen molar-refractivity contribution in [1.82, 2.24) is 15.2 Å². The Morgan fingerprint density at radius 1 is 1.61 bits per heavy atom. The molecule has 0 bridgehead atoms. The Bertz CT molecular complexity index is 407. The zero-order valence-corrected chi connectivity index (χ0v) is 11.3. The second-order valence-corrected chi connectivity index (χ2v) is 4.89. The van der Waals surface area contributed by atoms with Gasteiger partial charge in [-0.1, -0.05) is 18.5 Å². The van der Waals surface area contributed by atoms with E-state index in [4.69, 9.17) is 11.6 Å². The lowest BCUT2D eigenvalue weighted by Crippen LogP contribution is -2.40. The topological polar surface area (TPSA) is 45.2 Å². The highest BCUT2D eigenvalue weighted by molar-refractivity contribution is 6.29. The van der Waals surface area contributed by atoms with E-state index in [9.17, 15) is 4.79 Å². The molecule has 98 valence electrons. The summed E-state index contributed by atoms with van der Waals surface area (Å²) in [6.45, 7) is 5.04. The average molecular weight is 268 g/mol. The quantitative estimate of drug-likeness (QED) is 0.848. The van der Waals surface area contributed by atoms with E-state index in [1.807, 2.05) is 0 Å². The summed E-state index contributed by atoms with van der Waals surface area (Å²) in [6.07, 6.45) is 3.88. The Morgan fingerprint density at radius 3 is 3.11 bits per heavy atom. The monoisotopic (exact) mass is 267 g/mol. The van der Waals surface area contributed by atoms with E-state index in [2.05, 4.69) is 22.1 Å². The lowest BCUT2D eigenvalue weighted by Gasteiger charge is -2.22. The Balaban J connectivity index is 1.86. The van der Waals surface area contributed by atoms with E-state index < -0.39 is 0 Å². The van der Waals surface area contributed by atoms with Gasteiger partial charge in [0.1, 0.15) is 5.15 Å². The molecule has 1 fully saturated rings. The van der Waals surface area contributed by atoms with Gasteiger partial charge in [-0.05, 0) is 38.1 Å². The van der Waals surface area contributed by atoms with E-state index >= 15 is 0 Å². The first-order valence-corrected chi connectivity index (χ1v) is 6.72. The molecule has 1 N–H and O–H groups in total. The fraction of sp³-hybridized carbons (Fsp3) is 0.538. The maximum absolute atomic E-state index is 11.9. The number of likely N-dealkylation sites (N-methyl/N-ethyl adjacent to an activating group) is 1. The Kier molecular flexibility index (Phi) is 4.55. The summed E-state index contributed by atoms with van der Waals surface area (Å²) >= 11 is 5.69. The molecule has 2 heterocycles. The molecule has 0 aromatic carbocycles. The number of carbonyl (C=O) groups excluding carboxylic acids is 1. The minimum absolute atomic E-state index is 0.0814. The van der Waals surface area contributed by atoms with Crippen LogP contribution >= 0.6 is 11.6 Å². The van der Waals surface area contributed by atoms with Crippen molar-refractivity contribution in [3.8, 4) is 0 Å². The molecular weight excluding hydrogens is 250 g/mol. The van der Waals surface area contributed by atoms with E-state index in [0.717, 1.165) is 19.5 Å². The number of aromatic nitrogens is 1. The SMILES string of the molecule is CCN1CCCC1CNC(=O)c1ccc(Cl)nc1. The number of nitrogens with one attached hydrogen (secondary N) is 1. The molecule has 0 aliphatic carbocycles. The van der Waals surface area contributed by atoms with E-state index in [1.165, 1.54) is 12.6 Å². The number of likely N-dealkylation sites (tertiary alicyclic amines) is 1. The molecule has 0 spiro atoms. The number of rotatable bonds is 4. The average Bonchev–Trinajstić information content (AvgIpc) is 2.84. The molecule has 1 aliphatic rings. The van der Waals surface area contributed by atoms with Crippen LogP contribution in [0, 0.1) is 0 Å². The second-order valence-electron chi connectivity index (χ2n) is 4.50. The highest BCUT2D eigenvalue weighted by Gasteiger charge is 2.23. The van der Waals surface area contributed by atoms with Crippen LogP contribution in [0.15, 0.2) is 18.3 Å². The lowest BCUT2D eigenvalue weighted by molar-refractivity contribution is 0.0941. The first kappa shape index (κ1) is 13.3. The molecule has 1 aromatic rings. The third kappa shape index (κ3) is 3.21. The number of carbonyl (C=O) groups is 1. The molecular formula is C13H18ClN3O. The molecule has 1 amide bonds. The summed E-state index contributed by atoms with van der Waals surface area (Å²) in [5, 5.41) is 3.36. The Morgan fingerprint density at radius 2 is 2.44 bits per heavy atom. The fourth-order valence-electron chi connectivity index (χ4n) is 2.37. The lowest BCUT2D eigenvalue weighted by atomic mass is 10.2. The largest absolute Gasteiger partial charge is 0.350 e. The molecule has 4 nitrogen and oxygen atoms in total. The van der Waals surface area contributed by atoms with Crippen LogP contribution in [0.5, 0.6) is 0 Å². The smallest absolute Gasteiger partial charge is 0.252 e. The van der Waals surface area contributed by atoms with Gasteiger partial charge in [0.05, 0.1) is 5.56 Å². The predicted molar refractivity (Wildman–Crippen MR) is 71.8 cm³/mol. The zero-order chi connectivity index (χ0) is 13.0. The van der Waals surface area contributed by atoms with Crippen molar-refractivity contribution in [2.45, 2.75) is 25.8 Å². The van der Waals surface area contributed by atoms with Crippen molar-refractivity contribution in [2.75, 3.05) is 19.6 Å². The highest BCUT2D eigenvalue weighted by atomic mass is 35.5. The molecule has 1 unspecified atom stereocenters. The first-order valence-electron chi connectivity index (χ1n) is 6.34. The maximum Gasteiger partial charge on any atom is 0.252 e. The van der Waals surface area contributed by atoms with Crippen molar-refractivity contribution >= 4 is 17.5 Å². The third-order valence-electron chi connectivity index (χ3n) is 3.39. The maximum atomic E-state index is 11.9. The van der Waals surface area contributed by atoms with E-state index in [1.54, 1.807) is 12.1 Å². The van der Waals surface area contributed by atoms with Gasteiger partial charge in [-0.15, -0.1) is 0 Å². The molecule has 1 saturated heterocycles. The molecule has 1 atom stereocenters. The van der Waals surface area contributed by atoms with Gasteiger partial charge in [0, 0.05) is 18.8 Å². The number of pyridine rings is 1. The van der Waals surface area contributed by atoms with Gasteiger partial charge in [-0.2, -0.15) is 0 Å². The molecule has 0 radical (unpaired) electrons. The minimum Gasteiger partial charge on any atom is -0.350 e. The Hall–Kier alpha value is -1.13. The van der Waals surface area contributed by atoms with E-state index in [0.29, 0.717) is 23.3 Å². The van der Waals surface area contributed by atoms with Crippen LogP contribution < -0.4 is 5.32 Å². The number of hydrogen-bond donors (Lipinski definition) is 1. The van der Waals surface area contributed by atoms with E-state index in [-0.39, 0.29) is 5.91 Å². The summed E-state index contributed by atoms with van der Waals surface area (Å²) < 4.78 is 0.